The zero-order valence-electron chi connectivity index (χ0n) is 14.1. The van der Waals surface area contributed by atoms with Gasteiger partial charge < -0.3 is 10.1 Å². The lowest BCUT2D eigenvalue weighted by atomic mass is 10.2. The minimum atomic E-state index is -3.35. The first-order valence-electron chi connectivity index (χ1n) is 7.50. The summed E-state index contributed by atoms with van der Waals surface area (Å²) in [6, 6.07) is 8.61. The molecule has 0 saturated heterocycles. The summed E-state index contributed by atoms with van der Waals surface area (Å²) in [5, 5.41) is 2.63. The molecule has 0 saturated carbocycles. The summed E-state index contributed by atoms with van der Waals surface area (Å²) in [4.78, 5) is 36.2. The van der Waals surface area contributed by atoms with Gasteiger partial charge in [-0.15, -0.1) is 11.3 Å². The van der Waals surface area contributed by atoms with Crippen molar-refractivity contribution in [1.29, 1.82) is 0 Å². The average Bonchev–Trinajstić information content (AvgIpc) is 3.06. The van der Waals surface area contributed by atoms with Crippen LogP contribution in [0.25, 0.3) is 0 Å². The van der Waals surface area contributed by atoms with Crippen LogP contribution in [0.5, 0.6) is 0 Å². The fourth-order valence-corrected chi connectivity index (χ4v) is 3.46. The molecule has 0 radical (unpaired) electrons. The van der Waals surface area contributed by atoms with Crippen LogP contribution in [0, 0.1) is 0 Å². The van der Waals surface area contributed by atoms with E-state index < -0.39 is 22.4 Å². The van der Waals surface area contributed by atoms with Crippen LogP contribution in [0.3, 0.4) is 0 Å². The van der Waals surface area contributed by atoms with Crippen molar-refractivity contribution >= 4 is 38.8 Å². The number of nitrogens with one attached hydrogen (secondary N) is 1. The maximum atomic E-state index is 12.1. The van der Waals surface area contributed by atoms with Crippen LogP contribution in [0.2, 0.25) is 0 Å². The lowest BCUT2D eigenvalue weighted by Crippen LogP contribution is -2.18. The molecule has 0 aliphatic heterocycles. The highest BCUT2D eigenvalue weighted by Crippen LogP contribution is 2.17. The topological polar surface area (TPSA) is 107 Å². The summed E-state index contributed by atoms with van der Waals surface area (Å²) in [5.41, 5.74) is 0.155. The second kappa shape index (κ2) is 8.24. The number of hydrogen-bond acceptors (Lipinski definition) is 7. The van der Waals surface area contributed by atoms with Gasteiger partial charge in [-0.25, -0.2) is 13.2 Å². The van der Waals surface area contributed by atoms with E-state index in [0.717, 1.165) is 11.1 Å². The quantitative estimate of drug-likeness (QED) is 0.566. The third kappa shape index (κ3) is 5.50. The molecule has 0 aliphatic rings. The first kappa shape index (κ1) is 19.8. The molecule has 138 valence electrons. The summed E-state index contributed by atoms with van der Waals surface area (Å²) in [7, 11) is -3.35. The molecule has 0 unspecified atom stereocenters. The van der Waals surface area contributed by atoms with Gasteiger partial charge in [-0.3, -0.25) is 9.59 Å². The Balaban J connectivity index is 1.92. The van der Waals surface area contributed by atoms with E-state index in [4.69, 9.17) is 4.74 Å². The molecule has 1 aromatic carbocycles. The van der Waals surface area contributed by atoms with Crippen LogP contribution < -0.4 is 5.32 Å². The van der Waals surface area contributed by atoms with Crippen molar-refractivity contribution in [2.24, 2.45) is 0 Å². The van der Waals surface area contributed by atoms with E-state index in [-0.39, 0.29) is 22.1 Å². The molecule has 0 spiro atoms. The molecule has 1 N–H and O–H groups in total. The molecule has 0 atom stereocenters. The molecule has 1 heterocycles. The third-order valence-corrected chi connectivity index (χ3v) is 5.56. The number of ether oxygens (including phenoxy) is 1. The fourth-order valence-electron chi connectivity index (χ4n) is 1.96. The van der Waals surface area contributed by atoms with Crippen LogP contribution >= 0.6 is 11.3 Å². The molecule has 7 nitrogen and oxygen atoms in total. The van der Waals surface area contributed by atoms with Gasteiger partial charge in [-0.2, -0.15) is 0 Å². The standard InChI is InChI=1S/C17H17NO6S2/c1-11(19)18-9-13-5-8-16(25-13)15(20)10-24-17(21)12-3-6-14(7-4-12)26(2,22)23/h3-8H,9-10H2,1-2H3,(H,18,19). The van der Waals surface area contributed by atoms with Gasteiger partial charge in [0.05, 0.1) is 21.9 Å². The molecule has 0 fully saturated rings. The number of amides is 1. The van der Waals surface area contributed by atoms with Crippen LogP contribution in [0.1, 0.15) is 31.8 Å². The lowest BCUT2D eigenvalue weighted by molar-refractivity contribution is -0.119. The second-order valence-corrected chi connectivity index (χ2v) is 8.66. The Morgan fingerprint density at radius 2 is 1.73 bits per heavy atom. The number of hydrogen-bond donors (Lipinski definition) is 1. The van der Waals surface area contributed by atoms with E-state index in [1.165, 1.54) is 42.5 Å². The lowest BCUT2D eigenvalue weighted by Gasteiger charge is -2.04. The van der Waals surface area contributed by atoms with Crippen LogP contribution in [0.4, 0.5) is 0 Å². The van der Waals surface area contributed by atoms with Gasteiger partial charge in [0.1, 0.15) is 0 Å². The third-order valence-electron chi connectivity index (χ3n) is 3.30. The maximum Gasteiger partial charge on any atom is 0.338 e. The Labute approximate surface area is 154 Å². The Morgan fingerprint density at radius 1 is 1.08 bits per heavy atom. The zero-order valence-corrected chi connectivity index (χ0v) is 15.8. The van der Waals surface area contributed by atoms with Gasteiger partial charge in [0.2, 0.25) is 11.7 Å². The molecule has 1 amide bonds. The predicted octanol–water partition coefficient (Wildman–Crippen LogP) is 1.83. The Kier molecular flexibility index (Phi) is 6.27. The van der Waals surface area contributed by atoms with Crippen molar-refractivity contribution < 1.29 is 27.5 Å². The highest BCUT2D eigenvalue weighted by Gasteiger charge is 2.15. The number of carbonyl (C=O) groups is 3. The Morgan fingerprint density at radius 3 is 2.31 bits per heavy atom. The number of benzene rings is 1. The number of rotatable bonds is 7. The van der Waals surface area contributed by atoms with E-state index in [9.17, 15) is 22.8 Å². The minimum Gasteiger partial charge on any atom is -0.454 e. The average molecular weight is 395 g/mol. The number of Topliss-reactive ketones (excluding diaryl/α,β-unsaturated/α-hetero) is 1. The fraction of sp³-hybridized carbons (Fsp3) is 0.235. The van der Waals surface area contributed by atoms with E-state index in [1.807, 2.05) is 0 Å². The first-order valence-corrected chi connectivity index (χ1v) is 10.2. The summed E-state index contributed by atoms with van der Waals surface area (Å²) in [5.74, 6) is -1.24. The highest BCUT2D eigenvalue weighted by molar-refractivity contribution is 7.90. The van der Waals surface area contributed by atoms with E-state index in [2.05, 4.69) is 5.32 Å². The molecular weight excluding hydrogens is 378 g/mol. The molecular formula is C17H17NO6S2. The largest absolute Gasteiger partial charge is 0.454 e. The number of ketones is 1. The molecule has 0 bridgehead atoms. The predicted molar refractivity (Wildman–Crippen MR) is 96.0 cm³/mol. The molecule has 26 heavy (non-hydrogen) atoms. The summed E-state index contributed by atoms with van der Waals surface area (Å²) in [6.45, 7) is 1.31. The Hall–Kier alpha value is -2.52. The molecule has 9 heteroatoms. The maximum absolute atomic E-state index is 12.1. The van der Waals surface area contributed by atoms with E-state index >= 15 is 0 Å². The number of sulfone groups is 1. The second-order valence-electron chi connectivity index (χ2n) is 5.47. The van der Waals surface area contributed by atoms with Crippen LogP contribution in [0.15, 0.2) is 41.3 Å². The minimum absolute atomic E-state index is 0.0930. The summed E-state index contributed by atoms with van der Waals surface area (Å²) >= 11 is 1.21. The van der Waals surface area contributed by atoms with Crippen molar-refractivity contribution in [3.05, 3.63) is 51.7 Å². The highest BCUT2D eigenvalue weighted by atomic mass is 32.2. The summed E-state index contributed by atoms with van der Waals surface area (Å²) < 4.78 is 27.8. The zero-order chi connectivity index (χ0) is 19.3. The Bertz CT molecular complexity index is 928. The van der Waals surface area contributed by atoms with Gasteiger partial charge >= 0.3 is 5.97 Å². The monoisotopic (exact) mass is 395 g/mol. The van der Waals surface area contributed by atoms with Crippen LogP contribution in [-0.4, -0.2) is 38.9 Å². The smallest absolute Gasteiger partial charge is 0.338 e. The molecule has 0 aliphatic carbocycles. The van der Waals surface area contributed by atoms with Crippen molar-refractivity contribution in [3.8, 4) is 0 Å². The van der Waals surface area contributed by atoms with Crippen molar-refractivity contribution in [1.82, 2.24) is 5.32 Å². The van der Waals surface area contributed by atoms with Gasteiger partial charge in [0.15, 0.2) is 16.4 Å². The number of esters is 1. The van der Waals surface area contributed by atoms with Gasteiger partial charge in [-0.1, -0.05) is 0 Å². The van der Waals surface area contributed by atoms with Gasteiger partial charge in [0.25, 0.3) is 0 Å². The van der Waals surface area contributed by atoms with Gasteiger partial charge in [-0.05, 0) is 36.4 Å². The number of carbonyl (C=O) groups excluding carboxylic acids is 3. The van der Waals surface area contributed by atoms with Crippen molar-refractivity contribution in [3.63, 3.8) is 0 Å². The van der Waals surface area contributed by atoms with Crippen LogP contribution in [-0.2, 0) is 25.9 Å². The first-order chi connectivity index (χ1) is 12.2. The van der Waals surface area contributed by atoms with Gasteiger partial charge in [0, 0.05) is 18.1 Å². The van der Waals surface area contributed by atoms with Crippen molar-refractivity contribution in [2.75, 3.05) is 12.9 Å². The SMILES string of the molecule is CC(=O)NCc1ccc(C(=O)COC(=O)c2ccc(S(C)(=O)=O)cc2)s1. The molecule has 2 rings (SSSR count). The van der Waals surface area contributed by atoms with E-state index in [0.29, 0.717) is 11.4 Å². The van der Waals surface area contributed by atoms with Crippen molar-refractivity contribution in [2.45, 2.75) is 18.4 Å². The molecule has 2 aromatic rings. The number of thiophene rings is 1. The summed E-state index contributed by atoms with van der Waals surface area (Å²) in [6.07, 6.45) is 1.07. The normalized spacial score (nSPS) is 11.0. The molecule has 1 aromatic heterocycles. The van der Waals surface area contributed by atoms with E-state index in [1.54, 1.807) is 12.1 Å².